The maximum atomic E-state index is 9.72. The first-order valence-corrected chi connectivity index (χ1v) is 8.44. The van der Waals surface area contributed by atoms with E-state index in [2.05, 4.69) is 33.3 Å². The molecule has 3 heterocycles. The molecule has 2 atom stereocenters. The van der Waals surface area contributed by atoms with Crippen molar-refractivity contribution >= 4 is 0 Å². The van der Waals surface area contributed by atoms with E-state index in [1.165, 1.54) is 18.4 Å². The molecule has 0 spiro atoms. The number of aromatic nitrogens is 4. The van der Waals surface area contributed by atoms with E-state index in [4.69, 9.17) is 4.52 Å². The minimum Gasteiger partial charge on any atom is -0.396 e. The number of hydrogen-bond donors (Lipinski definition) is 1. The minimum absolute atomic E-state index is 0.126. The number of likely N-dealkylation sites (tertiary alicyclic amines) is 1. The molecule has 0 radical (unpaired) electrons. The Hall–Kier alpha value is -1.73. The minimum atomic E-state index is 0.126. The van der Waals surface area contributed by atoms with Crippen molar-refractivity contribution in [3.8, 4) is 0 Å². The summed E-state index contributed by atoms with van der Waals surface area (Å²) >= 11 is 0. The zero-order valence-electron chi connectivity index (χ0n) is 13.4. The van der Waals surface area contributed by atoms with Crippen LogP contribution in [0.1, 0.15) is 48.9 Å². The van der Waals surface area contributed by atoms with E-state index < -0.39 is 0 Å². The van der Waals surface area contributed by atoms with Crippen LogP contribution >= 0.6 is 0 Å². The predicted octanol–water partition coefficient (Wildman–Crippen LogP) is 1.37. The van der Waals surface area contributed by atoms with Crippen molar-refractivity contribution in [3.05, 3.63) is 29.7 Å². The number of hydrogen-bond acceptors (Lipinski definition) is 6. The Labute approximate surface area is 135 Å². The largest absolute Gasteiger partial charge is 0.396 e. The van der Waals surface area contributed by atoms with E-state index in [1.807, 2.05) is 10.9 Å². The van der Waals surface area contributed by atoms with Crippen molar-refractivity contribution in [1.29, 1.82) is 0 Å². The summed E-state index contributed by atoms with van der Waals surface area (Å²) in [5.41, 5.74) is 1.20. The summed E-state index contributed by atoms with van der Waals surface area (Å²) in [5.74, 6) is 2.32. The molecule has 0 bridgehead atoms. The van der Waals surface area contributed by atoms with Gasteiger partial charge in [0.2, 0.25) is 5.89 Å². The molecule has 7 nitrogen and oxygen atoms in total. The van der Waals surface area contributed by atoms with Crippen LogP contribution in [0.4, 0.5) is 0 Å². The van der Waals surface area contributed by atoms with Crippen LogP contribution in [-0.2, 0) is 13.1 Å². The molecule has 1 saturated heterocycles. The molecule has 0 unspecified atom stereocenters. The van der Waals surface area contributed by atoms with Crippen LogP contribution in [0.25, 0.3) is 0 Å². The highest BCUT2D eigenvalue weighted by atomic mass is 16.5. The van der Waals surface area contributed by atoms with Gasteiger partial charge in [0.25, 0.3) is 0 Å². The molecule has 23 heavy (non-hydrogen) atoms. The second-order valence-electron chi connectivity index (χ2n) is 6.71. The molecule has 1 aliphatic carbocycles. The van der Waals surface area contributed by atoms with Crippen molar-refractivity contribution in [2.24, 2.45) is 5.92 Å². The maximum absolute atomic E-state index is 9.72. The van der Waals surface area contributed by atoms with Crippen LogP contribution in [0, 0.1) is 5.92 Å². The van der Waals surface area contributed by atoms with Gasteiger partial charge in [-0.25, -0.2) is 0 Å². The fraction of sp³-hybridized carbons (Fsp3) is 0.688. The third kappa shape index (κ3) is 3.03. The smallest absolute Gasteiger partial charge is 0.231 e. The Morgan fingerprint density at radius 2 is 2.22 bits per heavy atom. The van der Waals surface area contributed by atoms with Crippen LogP contribution < -0.4 is 0 Å². The topological polar surface area (TPSA) is 80.2 Å². The van der Waals surface area contributed by atoms with Gasteiger partial charge in [0, 0.05) is 56.4 Å². The van der Waals surface area contributed by atoms with Crippen LogP contribution in [0.3, 0.4) is 0 Å². The molecule has 4 rings (SSSR count). The molecular weight excluding hydrogens is 294 g/mol. The van der Waals surface area contributed by atoms with E-state index in [0.717, 1.165) is 32.0 Å². The average molecular weight is 317 g/mol. The molecule has 2 aromatic rings. The number of rotatable bonds is 6. The zero-order valence-corrected chi connectivity index (χ0v) is 13.4. The average Bonchev–Trinajstić information content (AvgIpc) is 3.01. The van der Waals surface area contributed by atoms with Gasteiger partial charge < -0.3 is 9.63 Å². The quantitative estimate of drug-likeness (QED) is 0.867. The highest BCUT2D eigenvalue weighted by Crippen LogP contribution is 2.40. The predicted molar refractivity (Wildman–Crippen MR) is 82.8 cm³/mol. The summed E-state index contributed by atoms with van der Waals surface area (Å²) < 4.78 is 7.42. The van der Waals surface area contributed by atoms with Gasteiger partial charge >= 0.3 is 0 Å². The van der Waals surface area contributed by atoms with Gasteiger partial charge in [-0.2, -0.15) is 10.1 Å². The lowest BCUT2D eigenvalue weighted by Crippen LogP contribution is -2.20. The molecule has 1 aliphatic heterocycles. The first kappa shape index (κ1) is 14.8. The Morgan fingerprint density at radius 1 is 1.35 bits per heavy atom. The van der Waals surface area contributed by atoms with E-state index in [-0.39, 0.29) is 18.4 Å². The second kappa shape index (κ2) is 6.05. The van der Waals surface area contributed by atoms with Crippen molar-refractivity contribution in [2.75, 3.05) is 19.7 Å². The number of aliphatic hydroxyl groups is 1. The van der Waals surface area contributed by atoms with E-state index in [9.17, 15) is 5.11 Å². The monoisotopic (exact) mass is 317 g/mol. The normalized spacial score (nSPS) is 25.3. The third-order valence-corrected chi connectivity index (χ3v) is 4.89. The third-order valence-electron chi connectivity index (χ3n) is 4.89. The summed E-state index contributed by atoms with van der Waals surface area (Å²) in [6, 6.07) is 0. The zero-order chi connectivity index (χ0) is 15.8. The Bertz CT molecular complexity index is 663. The fourth-order valence-electron chi connectivity index (χ4n) is 3.38. The van der Waals surface area contributed by atoms with Crippen molar-refractivity contribution < 1.29 is 9.63 Å². The molecule has 0 aromatic carbocycles. The molecule has 2 aliphatic rings. The fourth-order valence-corrected chi connectivity index (χ4v) is 3.38. The Kier molecular flexibility index (Phi) is 3.90. The molecule has 124 valence electrons. The van der Waals surface area contributed by atoms with E-state index in [1.54, 1.807) is 0 Å². The Morgan fingerprint density at radius 3 is 2.91 bits per heavy atom. The molecule has 2 aromatic heterocycles. The van der Waals surface area contributed by atoms with Crippen molar-refractivity contribution in [2.45, 2.75) is 44.7 Å². The van der Waals surface area contributed by atoms with E-state index in [0.29, 0.717) is 11.8 Å². The highest BCUT2D eigenvalue weighted by Gasteiger charge is 2.38. The summed E-state index contributed by atoms with van der Waals surface area (Å²) in [7, 11) is 0. The molecule has 2 fully saturated rings. The maximum Gasteiger partial charge on any atom is 0.231 e. The lowest BCUT2D eigenvalue weighted by atomic mass is 9.97. The standard InChI is InChI=1S/C16H23N5O2/c1-2-21-7-11(5-17-21)6-20-8-13(10-22)14(9-20)16-18-15(19-23-16)12-3-4-12/h5,7,12-14,22H,2-4,6,8-10H2,1H3/t13-,14+/m0/s1. The second-order valence-corrected chi connectivity index (χ2v) is 6.71. The Balaban J connectivity index is 1.44. The molecule has 0 amide bonds. The summed E-state index contributed by atoms with van der Waals surface area (Å²) in [6.07, 6.45) is 6.34. The lowest BCUT2D eigenvalue weighted by Gasteiger charge is -2.13. The van der Waals surface area contributed by atoms with Gasteiger partial charge in [0.05, 0.1) is 12.1 Å². The van der Waals surface area contributed by atoms with Crippen molar-refractivity contribution in [3.63, 3.8) is 0 Å². The first-order chi connectivity index (χ1) is 11.3. The molecule has 1 saturated carbocycles. The van der Waals surface area contributed by atoms with Gasteiger partial charge in [0.1, 0.15) is 0 Å². The van der Waals surface area contributed by atoms with Gasteiger partial charge in [-0.3, -0.25) is 9.58 Å². The molecular formula is C16H23N5O2. The number of aryl methyl sites for hydroxylation is 1. The lowest BCUT2D eigenvalue weighted by molar-refractivity contribution is 0.205. The highest BCUT2D eigenvalue weighted by molar-refractivity contribution is 5.10. The van der Waals surface area contributed by atoms with Gasteiger partial charge in [-0.1, -0.05) is 5.16 Å². The summed E-state index contributed by atoms with van der Waals surface area (Å²) in [5, 5.41) is 18.2. The van der Waals surface area contributed by atoms with Crippen molar-refractivity contribution in [1.82, 2.24) is 24.8 Å². The van der Waals surface area contributed by atoms with Crippen LogP contribution in [0.5, 0.6) is 0 Å². The molecule has 1 N–H and O–H groups in total. The van der Waals surface area contributed by atoms with E-state index >= 15 is 0 Å². The molecule has 7 heteroatoms. The number of nitrogens with zero attached hydrogens (tertiary/aromatic N) is 5. The van der Waals surface area contributed by atoms with Gasteiger partial charge in [0.15, 0.2) is 5.82 Å². The first-order valence-electron chi connectivity index (χ1n) is 8.44. The number of aliphatic hydroxyl groups excluding tert-OH is 1. The van der Waals surface area contributed by atoms with Gasteiger partial charge in [-0.15, -0.1) is 0 Å². The van der Waals surface area contributed by atoms with Crippen LogP contribution in [0.2, 0.25) is 0 Å². The summed E-state index contributed by atoms with van der Waals surface area (Å²) in [6.45, 7) is 5.65. The van der Waals surface area contributed by atoms with Crippen LogP contribution in [0.15, 0.2) is 16.9 Å². The SMILES string of the molecule is CCn1cc(CN2C[C@@H](CO)[C@H](c3nc(C4CC4)no3)C2)cn1. The summed E-state index contributed by atoms with van der Waals surface area (Å²) in [4.78, 5) is 6.92. The van der Waals surface area contributed by atoms with Crippen LogP contribution in [-0.4, -0.2) is 49.6 Å². The van der Waals surface area contributed by atoms with Gasteiger partial charge in [-0.05, 0) is 19.8 Å².